The molecule has 0 saturated heterocycles. The van der Waals surface area contributed by atoms with Crippen LogP contribution in [-0.2, 0) is 19.9 Å². The van der Waals surface area contributed by atoms with Crippen molar-refractivity contribution >= 4 is 18.0 Å². The highest BCUT2D eigenvalue weighted by molar-refractivity contribution is 5.88. The molecule has 2 N–H and O–H groups in total. The summed E-state index contributed by atoms with van der Waals surface area (Å²) in [4.78, 5) is 35.8. The maximum absolute atomic E-state index is 12.0. The average Bonchev–Trinajstić information content (AvgIpc) is 2.47. The molecule has 21 heavy (non-hydrogen) atoms. The fraction of sp³-hybridized carbons (Fsp3) is 0.357. The van der Waals surface area contributed by atoms with Crippen molar-refractivity contribution in [2.24, 2.45) is 0 Å². The molecular weight excluding hydrogens is 276 g/mol. The van der Waals surface area contributed by atoms with Crippen molar-refractivity contribution in [2.75, 3.05) is 20.7 Å². The van der Waals surface area contributed by atoms with Crippen LogP contribution in [0, 0.1) is 0 Å². The Hall–Kier alpha value is -2.57. The highest BCUT2D eigenvalue weighted by atomic mass is 16.5. The molecule has 114 valence electrons. The number of likely N-dealkylation sites (N-methyl/N-ethyl adjacent to an activating group) is 1. The number of hydrogen-bond acceptors (Lipinski definition) is 4. The molecule has 1 unspecified atom stereocenters. The molecule has 0 aliphatic rings. The maximum Gasteiger partial charge on any atom is 0.333 e. The third-order valence-corrected chi connectivity index (χ3v) is 3.08. The Morgan fingerprint density at radius 3 is 2.33 bits per heavy atom. The van der Waals surface area contributed by atoms with Gasteiger partial charge in [-0.25, -0.2) is 9.59 Å². The average molecular weight is 294 g/mol. The number of carboxylic acid groups (broad SMARTS) is 1. The molecule has 1 atom stereocenters. The molecule has 7 nitrogen and oxygen atoms in total. The molecule has 0 radical (unpaired) electrons. The molecule has 0 aliphatic heterocycles. The number of nitrogens with one attached hydrogen (secondary N) is 1. The van der Waals surface area contributed by atoms with E-state index in [1.54, 1.807) is 30.3 Å². The summed E-state index contributed by atoms with van der Waals surface area (Å²) in [6.07, 6.45) is 0. The number of urea groups is 1. The summed E-state index contributed by atoms with van der Waals surface area (Å²) in [7, 11) is 2.58. The van der Waals surface area contributed by atoms with Gasteiger partial charge in [0.25, 0.3) is 0 Å². The summed E-state index contributed by atoms with van der Waals surface area (Å²) in [6.45, 7) is 1.11. The lowest BCUT2D eigenvalue weighted by atomic mass is 9.92. The first kappa shape index (κ1) is 16.5. The van der Waals surface area contributed by atoms with Gasteiger partial charge in [-0.15, -0.1) is 0 Å². The minimum atomic E-state index is -1.59. The molecule has 1 aromatic rings. The van der Waals surface area contributed by atoms with Crippen LogP contribution in [0.1, 0.15) is 12.5 Å². The standard InChI is InChI=1S/C14H18N2O5/c1-14(12(18)19,10-7-5-4-6-8-10)15-13(20)16(2)9-11(17)21-3/h4-8H,9H2,1-3H3,(H,15,20)(H,18,19). The molecule has 0 fully saturated rings. The van der Waals surface area contributed by atoms with Gasteiger partial charge in [0.05, 0.1) is 7.11 Å². The monoisotopic (exact) mass is 294 g/mol. The van der Waals surface area contributed by atoms with E-state index in [2.05, 4.69) is 10.1 Å². The SMILES string of the molecule is COC(=O)CN(C)C(=O)NC(C)(C(=O)O)c1ccccc1. The van der Waals surface area contributed by atoms with Crippen molar-refractivity contribution in [3.05, 3.63) is 35.9 Å². The van der Waals surface area contributed by atoms with Crippen LogP contribution in [0.25, 0.3) is 0 Å². The number of methoxy groups -OCH3 is 1. The van der Waals surface area contributed by atoms with E-state index in [1.807, 2.05) is 0 Å². The van der Waals surface area contributed by atoms with Crippen molar-refractivity contribution in [3.63, 3.8) is 0 Å². The van der Waals surface area contributed by atoms with E-state index < -0.39 is 23.5 Å². The number of aliphatic carboxylic acids is 1. The second-order valence-electron chi connectivity index (χ2n) is 4.66. The molecule has 7 heteroatoms. The van der Waals surface area contributed by atoms with Crippen molar-refractivity contribution < 1.29 is 24.2 Å². The minimum absolute atomic E-state index is 0.271. The fourth-order valence-electron chi connectivity index (χ4n) is 1.66. The van der Waals surface area contributed by atoms with Crippen molar-refractivity contribution in [3.8, 4) is 0 Å². The third kappa shape index (κ3) is 3.95. The lowest BCUT2D eigenvalue weighted by Crippen LogP contribution is -2.53. The highest BCUT2D eigenvalue weighted by Crippen LogP contribution is 2.21. The Bertz CT molecular complexity index is 531. The van der Waals surface area contributed by atoms with Gasteiger partial charge in [-0.05, 0) is 12.5 Å². The number of hydrogen-bond donors (Lipinski definition) is 2. The summed E-state index contributed by atoms with van der Waals surface area (Å²) in [6, 6.07) is 7.64. The summed E-state index contributed by atoms with van der Waals surface area (Å²) in [5.74, 6) is -1.79. The van der Waals surface area contributed by atoms with Crippen molar-refractivity contribution in [1.82, 2.24) is 10.2 Å². The summed E-state index contributed by atoms with van der Waals surface area (Å²) in [5.41, 5.74) is -1.17. The number of amides is 2. The number of ether oxygens (including phenoxy) is 1. The zero-order valence-corrected chi connectivity index (χ0v) is 12.1. The predicted molar refractivity (Wildman–Crippen MR) is 74.6 cm³/mol. The summed E-state index contributed by atoms with van der Waals surface area (Å²) >= 11 is 0. The Kier molecular flexibility index (Phi) is 5.29. The molecule has 2 amide bonds. The van der Waals surface area contributed by atoms with Gasteiger partial charge in [0, 0.05) is 7.05 Å². The molecule has 0 spiro atoms. The normalized spacial score (nSPS) is 12.9. The maximum atomic E-state index is 12.0. The smallest absolute Gasteiger partial charge is 0.333 e. The molecular formula is C14H18N2O5. The number of nitrogens with zero attached hydrogens (tertiary/aromatic N) is 1. The molecule has 0 aliphatic carbocycles. The van der Waals surface area contributed by atoms with Gasteiger partial charge in [-0.2, -0.15) is 0 Å². The minimum Gasteiger partial charge on any atom is -0.479 e. The van der Waals surface area contributed by atoms with Crippen LogP contribution in [0.5, 0.6) is 0 Å². The van der Waals surface area contributed by atoms with E-state index in [9.17, 15) is 19.5 Å². The Morgan fingerprint density at radius 2 is 1.86 bits per heavy atom. The lowest BCUT2D eigenvalue weighted by molar-refractivity contribution is -0.144. The van der Waals surface area contributed by atoms with Crippen LogP contribution >= 0.6 is 0 Å². The largest absolute Gasteiger partial charge is 0.479 e. The molecule has 0 saturated carbocycles. The van der Waals surface area contributed by atoms with Gasteiger partial charge in [-0.3, -0.25) is 4.79 Å². The number of rotatable bonds is 5. The highest BCUT2D eigenvalue weighted by Gasteiger charge is 2.37. The van der Waals surface area contributed by atoms with E-state index in [1.165, 1.54) is 21.1 Å². The van der Waals surface area contributed by atoms with Crippen molar-refractivity contribution in [1.29, 1.82) is 0 Å². The number of carbonyl (C=O) groups is 3. The first-order chi connectivity index (χ1) is 9.81. The first-order valence-corrected chi connectivity index (χ1v) is 6.20. The van der Waals surface area contributed by atoms with Crippen LogP contribution < -0.4 is 5.32 Å². The zero-order chi connectivity index (χ0) is 16.0. The zero-order valence-electron chi connectivity index (χ0n) is 12.1. The van der Waals surface area contributed by atoms with E-state index in [0.717, 1.165) is 4.90 Å². The Balaban J connectivity index is 2.92. The summed E-state index contributed by atoms with van der Waals surface area (Å²) in [5, 5.41) is 11.8. The number of carboxylic acids is 1. The van der Waals surface area contributed by atoms with Gasteiger partial charge in [0.2, 0.25) is 0 Å². The van der Waals surface area contributed by atoms with E-state index in [-0.39, 0.29) is 6.54 Å². The topological polar surface area (TPSA) is 95.9 Å². The van der Waals surface area contributed by atoms with Crippen LogP contribution in [0.4, 0.5) is 4.79 Å². The summed E-state index contributed by atoms with van der Waals surface area (Å²) < 4.78 is 4.46. The van der Waals surface area contributed by atoms with Gasteiger partial charge in [-0.1, -0.05) is 30.3 Å². The number of benzene rings is 1. The number of esters is 1. The molecule has 1 aromatic carbocycles. The number of carbonyl (C=O) groups excluding carboxylic acids is 2. The van der Waals surface area contributed by atoms with E-state index >= 15 is 0 Å². The quantitative estimate of drug-likeness (QED) is 0.783. The molecule has 0 bridgehead atoms. The second kappa shape index (κ2) is 6.74. The molecule has 1 rings (SSSR count). The van der Waals surface area contributed by atoms with Crippen LogP contribution in [0.15, 0.2) is 30.3 Å². The van der Waals surface area contributed by atoms with Gasteiger partial charge in [0.1, 0.15) is 6.54 Å². The predicted octanol–water partition coefficient (Wildman–Crippen LogP) is 0.801. The third-order valence-electron chi connectivity index (χ3n) is 3.08. The van der Waals surface area contributed by atoms with E-state index in [4.69, 9.17) is 0 Å². The molecule has 0 aromatic heterocycles. The first-order valence-electron chi connectivity index (χ1n) is 6.20. The van der Waals surface area contributed by atoms with Gasteiger partial charge in [0.15, 0.2) is 5.54 Å². The Morgan fingerprint density at radius 1 is 1.29 bits per heavy atom. The van der Waals surface area contributed by atoms with Crippen LogP contribution in [-0.4, -0.2) is 48.7 Å². The molecule has 0 heterocycles. The van der Waals surface area contributed by atoms with Crippen molar-refractivity contribution in [2.45, 2.75) is 12.5 Å². The van der Waals surface area contributed by atoms with Crippen LogP contribution in [0.2, 0.25) is 0 Å². The second-order valence-corrected chi connectivity index (χ2v) is 4.66. The fourth-order valence-corrected chi connectivity index (χ4v) is 1.66. The van der Waals surface area contributed by atoms with E-state index in [0.29, 0.717) is 5.56 Å². The Labute approximate surface area is 122 Å². The van der Waals surface area contributed by atoms with Crippen LogP contribution in [0.3, 0.4) is 0 Å². The van der Waals surface area contributed by atoms with Gasteiger partial charge < -0.3 is 20.1 Å². The van der Waals surface area contributed by atoms with Gasteiger partial charge >= 0.3 is 18.0 Å². The lowest BCUT2D eigenvalue weighted by Gasteiger charge is -2.29.